The largest absolute Gasteiger partial charge is 0.478 e. The molecule has 0 atom stereocenters. The molecule has 0 aliphatic carbocycles. The van der Waals surface area contributed by atoms with Gasteiger partial charge in [-0.3, -0.25) is 0 Å². The average molecular weight is 326 g/mol. The Kier molecular flexibility index (Phi) is 3.92. The molecule has 1 aromatic rings. The van der Waals surface area contributed by atoms with Crippen LogP contribution in [0.2, 0.25) is 0 Å². The maximum absolute atomic E-state index is 12.6. The van der Waals surface area contributed by atoms with Gasteiger partial charge in [0.15, 0.2) is 0 Å². The molecule has 0 saturated heterocycles. The van der Waals surface area contributed by atoms with Gasteiger partial charge in [-0.25, -0.2) is 4.79 Å². The van der Waals surface area contributed by atoms with Gasteiger partial charge in [0.25, 0.3) is 0 Å². The van der Waals surface area contributed by atoms with Gasteiger partial charge in [0.2, 0.25) is 0 Å². The fraction of sp³-hybridized carbons (Fsp3) is 0.300. The lowest BCUT2D eigenvalue weighted by molar-refractivity contribution is -0.174. The summed E-state index contributed by atoms with van der Waals surface area (Å²) in [5.74, 6) is -2.22. The first-order valence-corrected chi connectivity index (χ1v) is 4.78. The lowest BCUT2D eigenvalue weighted by Crippen LogP contribution is -2.24. The second kappa shape index (κ2) is 4.81. The van der Waals surface area contributed by atoms with Gasteiger partial charge in [0, 0.05) is 0 Å². The molecule has 0 radical (unpaired) electrons. The van der Waals surface area contributed by atoms with Crippen LogP contribution in [0, 0.1) is 0 Å². The second-order valence-corrected chi connectivity index (χ2v) is 3.74. The molecule has 0 heterocycles. The van der Waals surface area contributed by atoms with Crippen LogP contribution in [0.15, 0.2) is 12.1 Å². The number of carboxylic acid groups (broad SMARTS) is 1. The van der Waals surface area contributed by atoms with Gasteiger partial charge in [-0.15, -0.1) is 0 Å². The van der Waals surface area contributed by atoms with E-state index in [-0.39, 0.29) is 0 Å². The molecule has 21 heavy (non-hydrogen) atoms. The van der Waals surface area contributed by atoms with Crippen LogP contribution in [0.5, 0.6) is 0 Å². The number of halogens is 9. The molecule has 0 amide bonds. The summed E-state index contributed by atoms with van der Waals surface area (Å²) >= 11 is 0. The van der Waals surface area contributed by atoms with Crippen LogP contribution in [-0.4, -0.2) is 11.1 Å². The molecule has 11 heteroatoms. The first-order valence-electron chi connectivity index (χ1n) is 4.78. The second-order valence-electron chi connectivity index (χ2n) is 3.74. The summed E-state index contributed by atoms with van der Waals surface area (Å²) in [4.78, 5) is 10.5. The highest BCUT2D eigenvalue weighted by atomic mass is 19.4. The third-order valence-corrected chi connectivity index (χ3v) is 2.28. The van der Waals surface area contributed by atoms with E-state index in [0.717, 1.165) is 0 Å². The van der Waals surface area contributed by atoms with Crippen molar-refractivity contribution in [1.29, 1.82) is 0 Å². The molecule has 1 rings (SSSR count). The van der Waals surface area contributed by atoms with Crippen LogP contribution < -0.4 is 0 Å². The quantitative estimate of drug-likeness (QED) is 0.775. The lowest BCUT2D eigenvalue weighted by atomic mass is 9.96. The van der Waals surface area contributed by atoms with Crippen molar-refractivity contribution in [2.75, 3.05) is 0 Å². The lowest BCUT2D eigenvalue weighted by Gasteiger charge is -2.21. The number of hydrogen-bond acceptors (Lipinski definition) is 1. The van der Waals surface area contributed by atoms with E-state index in [1.54, 1.807) is 0 Å². The van der Waals surface area contributed by atoms with Gasteiger partial charge in [0.05, 0.1) is 22.3 Å². The summed E-state index contributed by atoms with van der Waals surface area (Å²) in [6, 6.07) is -0.971. The third-order valence-electron chi connectivity index (χ3n) is 2.28. The molecule has 0 aliphatic rings. The number of benzene rings is 1. The first-order chi connectivity index (χ1) is 9.15. The topological polar surface area (TPSA) is 37.3 Å². The summed E-state index contributed by atoms with van der Waals surface area (Å²) in [5, 5.41) is 8.44. The molecule has 1 N–H and O–H groups in total. The van der Waals surface area contributed by atoms with Gasteiger partial charge in [-0.1, -0.05) is 0 Å². The van der Waals surface area contributed by atoms with E-state index in [9.17, 15) is 44.3 Å². The van der Waals surface area contributed by atoms with E-state index in [2.05, 4.69) is 0 Å². The molecule has 0 aromatic heterocycles. The first kappa shape index (κ1) is 17.1. The van der Waals surface area contributed by atoms with Crippen LogP contribution in [0.3, 0.4) is 0 Å². The average Bonchev–Trinajstić information content (AvgIpc) is 2.23. The molecule has 0 spiro atoms. The zero-order valence-corrected chi connectivity index (χ0v) is 9.41. The Balaban J connectivity index is 3.93. The van der Waals surface area contributed by atoms with E-state index in [1.165, 1.54) is 0 Å². The van der Waals surface area contributed by atoms with Crippen LogP contribution in [0.1, 0.15) is 27.0 Å². The number of hydrogen-bond donors (Lipinski definition) is 1. The Morgan fingerprint density at radius 3 is 1.29 bits per heavy atom. The summed E-state index contributed by atoms with van der Waals surface area (Å²) in [5.41, 5.74) is -9.93. The maximum atomic E-state index is 12.6. The summed E-state index contributed by atoms with van der Waals surface area (Å²) in [6.07, 6.45) is -17.6. The third kappa shape index (κ3) is 3.58. The van der Waals surface area contributed by atoms with Gasteiger partial charge in [-0.2, -0.15) is 39.5 Å². The molecule has 2 nitrogen and oxygen atoms in total. The number of carbonyl (C=O) groups is 1. The maximum Gasteiger partial charge on any atom is 0.417 e. The minimum atomic E-state index is -5.97. The van der Waals surface area contributed by atoms with E-state index in [0.29, 0.717) is 0 Å². The standard InChI is InChI=1S/C10H3F9O2/c11-8(12,13)4-1-3(7(20)21)2-5(9(14,15)16)6(4)10(17,18)19/h1-2H,(H,20,21). The Morgan fingerprint density at radius 2 is 1.10 bits per heavy atom. The summed E-state index contributed by atoms with van der Waals surface area (Å²) < 4.78 is 113. The van der Waals surface area contributed by atoms with Crippen LogP contribution >= 0.6 is 0 Å². The zero-order valence-electron chi connectivity index (χ0n) is 9.41. The SMILES string of the molecule is O=C(O)c1cc(C(F)(F)F)c(C(F)(F)F)c(C(F)(F)F)c1. The van der Waals surface area contributed by atoms with E-state index in [4.69, 9.17) is 5.11 Å². The monoisotopic (exact) mass is 326 g/mol. The predicted octanol–water partition coefficient (Wildman–Crippen LogP) is 4.44. The van der Waals surface area contributed by atoms with Crippen molar-refractivity contribution in [3.05, 3.63) is 34.4 Å². The van der Waals surface area contributed by atoms with Crippen molar-refractivity contribution in [3.8, 4) is 0 Å². The summed E-state index contributed by atoms with van der Waals surface area (Å²) in [7, 11) is 0. The number of carboxylic acids is 1. The Hall–Kier alpha value is -1.94. The highest BCUT2D eigenvalue weighted by Gasteiger charge is 2.50. The molecule has 118 valence electrons. The highest BCUT2D eigenvalue weighted by Crippen LogP contribution is 2.47. The number of aromatic carboxylic acids is 1. The fourth-order valence-electron chi connectivity index (χ4n) is 1.52. The van der Waals surface area contributed by atoms with Crippen molar-refractivity contribution in [3.63, 3.8) is 0 Å². The number of rotatable bonds is 1. The van der Waals surface area contributed by atoms with Crippen LogP contribution in [0.4, 0.5) is 39.5 Å². The Morgan fingerprint density at radius 1 is 0.762 bits per heavy atom. The highest BCUT2D eigenvalue weighted by molar-refractivity contribution is 5.88. The molecule has 0 fully saturated rings. The van der Waals surface area contributed by atoms with Crippen molar-refractivity contribution in [1.82, 2.24) is 0 Å². The van der Waals surface area contributed by atoms with Crippen LogP contribution in [0.25, 0.3) is 0 Å². The summed E-state index contributed by atoms with van der Waals surface area (Å²) in [6.45, 7) is 0. The Bertz CT molecular complexity index is 530. The molecule has 1 aromatic carbocycles. The smallest absolute Gasteiger partial charge is 0.417 e. The van der Waals surface area contributed by atoms with Gasteiger partial charge in [-0.05, 0) is 12.1 Å². The minimum Gasteiger partial charge on any atom is -0.478 e. The normalized spacial score (nSPS) is 13.4. The van der Waals surface area contributed by atoms with E-state index < -0.39 is 58.9 Å². The van der Waals surface area contributed by atoms with Gasteiger partial charge >= 0.3 is 24.5 Å². The molecular formula is C10H3F9O2. The van der Waals surface area contributed by atoms with Crippen molar-refractivity contribution in [2.24, 2.45) is 0 Å². The molecule has 0 saturated carbocycles. The predicted molar refractivity (Wildman–Crippen MR) is 48.4 cm³/mol. The zero-order chi connectivity index (χ0) is 16.8. The van der Waals surface area contributed by atoms with Crippen LogP contribution in [-0.2, 0) is 18.5 Å². The van der Waals surface area contributed by atoms with Crippen molar-refractivity contribution >= 4 is 5.97 Å². The van der Waals surface area contributed by atoms with E-state index >= 15 is 0 Å². The Labute approximate surface area is 109 Å². The number of alkyl halides is 9. The van der Waals surface area contributed by atoms with Gasteiger partial charge in [0.1, 0.15) is 0 Å². The van der Waals surface area contributed by atoms with Crippen molar-refractivity contribution < 1.29 is 49.4 Å². The van der Waals surface area contributed by atoms with Gasteiger partial charge < -0.3 is 5.11 Å². The minimum absolute atomic E-state index is 0.486. The molecular weight excluding hydrogens is 323 g/mol. The van der Waals surface area contributed by atoms with E-state index in [1.807, 2.05) is 0 Å². The van der Waals surface area contributed by atoms with Crippen molar-refractivity contribution in [2.45, 2.75) is 18.5 Å². The molecule has 0 aliphatic heterocycles. The fourth-order valence-corrected chi connectivity index (χ4v) is 1.52. The molecule has 0 unspecified atom stereocenters. The molecule has 0 bridgehead atoms.